The van der Waals surface area contributed by atoms with Gasteiger partial charge in [0.05, 0.1) is 7.11 Å². The Morgan fingerprint density at radius 1 is 1.40 bits per heavy atom. The normalized spacial score (nSPS) is 24.6. The number of nitrogens with zero attached hydrogens (tertiary/aromatic N) is 1. The monoisotopic (exact) mass is 284 g/mol. The van der Waals surface area contributed by atoms with Crippen LogP contribution in [0.25, 0.3) is 0 Å². The maximum atomic E-state index is 11.8. The number of carbonyl (C=O) groups is 1. The molecule has 1 aliphatic rings. The van der Waals surface area contributed by atoms with Crippen molar-refractivity contribution in [3.63, 3.8) is 0 Å². The quantitative estimate of drug-likeness (QED) is 0.695. The number of rotatable bonds is 8. The van der Waals surface area contributed by atoms with E-state index in [0.717, 1.165) is 31.8 Å². The number of hydrogen-bond acceptors (Lipinski definition) is 4. The lowest BCUT2D eigenvalue weighted by molar-refractivity contribution is -0.143. The second-order valence-electron chi connectivity index (χ2n) is 6.13. The van der Waals surface area contributed by atoms with E-state index in [1.54, 1.807) is 0 Å². The zero-order valence-corrected chi connectivity index (χ0v) is 13.7. The minimum Gasteiger partial charge on any atom is -0.468 e. The molecule has 0 aromatic heterocycles. The van der Waals surface area contributed by atoms with E-state index in [2.05, 4.69) is 31.1 Å². The molecule has 1 fully saturated rings. The van der Waals surface area contributed by atoms with Gasteiger partial charge in [-0.05, 0) is 45.2 Å². The van der Waals surface area contributed by atoms with Crippen LogP contribution in [0.2, 0.25) is 0 Å². The molecule has 0 amide bonds. The number of hydrogen-bond donors (Lipinski definition) is 1. The Hall–Kier alpha value is -0.610. The summed E-state index contributed by atoms with van der Waals surface area (Å²) in [6.45, 7) is 6.28. The van der Waals surface area contributed by atoms with Gasteiger partial charge in [-0.1, -0.05) is 26.7 Å². The van der Waals surface area contributed by atoms with Gasteiger partial charge in [-0.3, -0.25) is 4.79 Å². The molecular formula is C16H32N2O2. The van der Waals surface area contributed by atoms with Crippen LogP contribution in [0, 0.1) is 5.92 Å². The highest BCUT2D eigenvalue weighted by atomic mass is 16.5. The average Bonchev–Trinajstić information content (AvgIpc) is 2.46. The summed E-state index contributed by atoms with van der Waals surface area (Å²) < 4.78 is 4.89. The fourth-order valence-corrected chi connectivity index (χ4v) is 3.21. The van der Waals surface area contributed by atoms with E-state index in [1.165, 1.54) is 32.8 Å². The van der Waals surface area contributed by atoms with Gasteiger partial charge in [0.25, 0.3) is 0 Å². The van der Waals surface area contributed by atoms with Crippen LogP contribution in [0.1, 0.15) is 52.4 Å². The molecule has 1 rings (SSSR count). The molecule has 118 valence electrons. The minimum atomic E-state index is -0.165. The molecule has 0 saturated heterocycles. The number of nitrogens with one attached hydrogen (secondary N) is 1. The maximum Gasteiger partial charge on any atom is 0.322 e. The van der Waals surface area contributed by atoms with Gasteiger partial charge in [0, 0.05) is 12.6 Å². The molecule has 3 atom stereocenters. The van der Waals surface area contributed by atoms with Crippen LogP contribution in [0.3, 0.4) is 0 Å². The van der Waals surface area contributed by atoms with Crippen LogP contribution in [0.4, 0.5) is 0 Å². The summed E-state index contributed by atoms with van der Waals surface area (Å²) in [5.41, 5.74) is 0. The van der Waals surface area contributed by atoms with Crippen LogP contribution in [0.15, 0.2) is 0 Å². The van der Waals surface area contributed by atoms with Gasteiger partial charge in [-0.15, -0.1) is 0 Å². The third-order valence-electron chi connectivity index (χ3n) is 4.53. The Morgan fingerprint density at radius 2 is 2.10 bits per heavy atom. The Bertz CT molecular complexity index is 284. The molecule has 3 unspecified atom stereocenters. The van der Waals surface area contributed by atoms with Gasteiger partial charge in [-0.25, -0.2) is 0 Å². The highest BCUT2D eigenvalue weighted by Crippen LogP contribution is 2.27. The largest absolute Gasteiger partial charge is 0.468 e. The third kappa shape index (κ3) is 5.41. The highest BCUT2D eigenvalue weighted by molar-refractivity contribution is 5.75. The van der Waals surface area contributed by atoms with E-state index in [9.17, 15) is 4.79 Å². The van der Waals surface area contributed by atoms with E-state index < -0.39 is 0 Å². The second-order valence-corrected chi connectivity index (χ2v) is 6.13. The zero-order chi connectivity index (χ0) is 15.0. The van der Waals surface area contributed by atoms with Gasteiger partial charge in [-0.2, -0.15) is 0 Å². The van der Waals surface area contributed by atoms with E-state index in [0.29, 0.717) is 6.04 Å². The first-order chi connectivity index (χ1) is 9.60. The lowest BCUT2D eigenvalue weighted by Gasteiger charge is -2.36. The summed E-state index contributed by atoms with van der Waals surface area (Å²) in [7, 11) is 3.66. The molecule has 0 aliphatic heterocycles. The topological polar surface area (TPSA) is 41.6 Å². The lowest BCUT2D eigenvalue weighted by atomic mass is 9.85. The maximum absolute atomic E-state index is 11.8. The van der Waals surface area contributed by atoms with Crippen molar-refractivity contribution in [3.05, 3.63) is 0 Å². The number of esters is 1. The molecule has 0 bridgehead atoms. The molecule has 4 nitrogen and oxygen atoms in total. The van der Waals surface area contributed by atoms with Crippen molar-refractivity contribution in [2.45, 2.75) is 64.5 Å². The number of carbonyl (C=O) groups excluding carboxylic acids is 1. The Labute approximate surface area is 124 Å². The Balaban J connectivity index is 2.42. The number of methoxy groups -OCH3 is 1. The van der Waals surface area contributed by atoms with Gasteiger partial charge in [0.1, 0.15) is 6.04 Å². The average molecular weight is 284 g/mol. The predicted molar refractivity (Wildman–Crippen MR) is 82.8 cm³/mol. The van der Waals surface area contributed by atoms with Crippen LogP contribution in [-0.4, -0.2) is 50.2 Å². The molecule has 0 aromatic carbocycles. The van der Waals surface area contributed by atoms with Crippen molar-refractivity contribution in [1.29, 1.82) is 0 Å². The Kier molecular flexibility index (Phi) is 8.15. The van der Waals surface area contributed by atoms with Crippen LogP contribution >= 0.6 is 0 Å². The molecule has 0 heterocycles. The smallest absolute Gasteiger partial charge is 0.322 e. The van der Waals surface area contributed by atoms with E-state index in [4.69, 9.17) is 4.74 Å². The van der Waals surface area contributed by atoms with Crippen molar-refractivity contribution in [2.75, 3.05) is 27.2 Å². The molecule has 4 heteroatoms. The Morgan fingerprint density at radius 3 is 2.70 bits per heavy atom. The van der Waals surface area contributed by atoms with Gasteiger partial charge < -0.3 is 15.0 Å². The van der Waals surface area contributed by atoms with Crippen molar-refractivity contribution >= 4 is 5.97 Å². The van der Waals surface area contributed by atoms with Gasteiger partial charge in [0.15, 0.2) is 0 Å². The summed E-state index contributed by atoms with van der Waals surface area (Å²) in [4.78, 5) is 14.2. The van der Waals surface area contributed by atoms with Crippen LogP contribution < -0.4 is 5.32 Å². The first-order valence-electron chi connectivity index (χ1n) is 8.11. The van der Waals surface area contributed by atoms with Crippen molar-refractivity contribution in [3.8, 4) is 0 Å². The first-order valence-corrected chi connectivity index (χ1v) is 8.11. The number of ether oxygens (including phenoxy) is 1. The standard InChI is InChI=1S/C16H32N2O2/c1-5-11-17-14(16(19)20-4)10-12-18(3)15-9-7-6-8-13(15)2/h13-15,17H,5-12H2,1-4H3. The molecular weight excluding hydrogens is 252 g/mol. The lowest BCUT2D eigenvalue weighted by Crippen LogP contribution is -2.44. The summed E-state index contributed by atoms with van der Waals surface area (Å²) in [5.74, 6) is 0.637. The van der Waals surface area contributed by atoms with Crippen molar-refractivity contribution in [1.82, 2.24) is 10.2 Å². The van der Waals surface area contributed by atoms with Gasteiger partial charge >= 0.3 is 5.97 Å². The van der Waals surface area contributed by atoms with Crippen molar-refractivity contribution < 1.29 is 9.53 Å². The first kappa shape index (κ1) is 17.4. The molecule has 0 aromatic rings. The molecule has 0 spiro atoms. The summed E-state index contributed by atoms with van der Waals surface area (Å²) in [6, 6.07) is 0.509. The molecule has 1 saturated carbocycles. The second kappa shape index (κ2) is 9.35. The van der Waals surface area contributed by atoms with Crippen molar-refractivity contribution in [2.24, 2.45) is 5.92 Å². The van der Waals surface area contributed by atoms with Gasteiger partial charge in [0.2, 0.25) is 0 Å². The molecule has 1 N–H and O–H groups in total. The van der Waals surface area contributed by atoms with E-state index in [-0.39, 0.29) is 12.0 Å². The zero-order valence-electron chi connectivity index (χ0n) is 13.7. The molecule has 20 heavy (non-hydrogen) atoms. The molecule has 0 radical (unpaired) electrons. The predicted octanol–water partition coefficient (Wildman–Crippen LogP) is 2.43. The fraction of sp³-hybridized carbons (Fsp3) is 0.938. The molecule has 1 aliphatic carbocycles. The fourth-order valence-electron chi connectivity index (χ4n) is 3.21. The van der Waals surface area contributed by atoms with E-state index in [1.807, 2.05) is 0 Å². The third-order valence-corrected chi connectivity index (χ3v) is 4.53. The van der Waals surface area contributed by atoms with E-state index >= 15 is 0 Å². The summed E-state index contributed by atoms with van der Waals surface area (Å²) in [6.07, 6.45) is 7.20. The summed E-state index contributed by atoms with van der Waals surface area (Å²) >= 11 is 0. The summed E-state index contributed by atoms with van der Waals surface area (Å²) in [5, 5.41) is 3.29. The SMILES string of the molecule is CCCNC(CCN(C)C1CCCCC1C)C(=O)OC. The van der Waals surface area contributed by atoms with Crippen LogP contribution in [0.5, 0.6) is 0 Å². The van der Waals surface area contributed by atoms with Crippen LogP contribution in [-0.2, 0) is 9.53 Å². The minimum absolute atomic E-state index is 0.136. The highest BCUT2D eigenvalue weighted by Gasteiger charge is 2.26.